The van der Waals surface area contributed by atoms with Crippen LogP contribution in [0.3, 0.4) is 0 Å². The first kappa shape index (κ1) is 22.0. The lowest BCUT2D eigenvalue weighted by molar-refractivity contribution is -0.384. The van der Waals surface area contributed by atoms with E-state index < -0.39 is 10.9 Å². The number of methoxy groups -OCH3 is 1. The second-order valence-corrected chi connectivity index (χ2v) is 6.84. The van der Waals surface area contributed by atoms with Gasteiger partial charge in [-0.1, -0.05) is 56.3 Å². The van der Waals surface area contributed by atoms with E-state index in [0.29, 0.717) is 29.3 Å². The number of ether oxygens (including phenoxy) is 1. The summed E-state index contributed by atoms with van der Waals surface area (Å²) < 4.78 is 5.04. The molecule has 31 heavy (non-hydrogen) atoms. The molecule has 0 aliphatic rings. The van der Waals surface area contributed by atoms with Crippen molar-refractivity contribution >= 4 is 11.7 Å². The standard InChI is InChI=1S/C23H24N4O4/c1-4-26(5-2)15-19-20(23(28)31-3)21(17-12-9-13-18(14-17)27(29)30)25-22(24-19)16-10-7-6-8-11-16/h6-14H,4-5,15H2,1-3H3. The summed E-state index contributed by atoms with van der Waals surface area (Å²) in [7, 11) is 1.30. The summed E-state index contributed by atoms with van der Waals surface area (Å²) in [5.74, 6) is -0.139. The van der Waals surface area contributed by atoms with Crippen molar-refractivity contribution in [3.05, 3.63) is 76.0 Å². The predicted molar refractivity (Wildman–Crippen MR) is 118 cm³/mol. The Morgan fingerprint density at radius 3 is 2.32 bits per heavy atom. The molecule has 0 aliphatic carbocycles. The highest BCUT2D eigenvalue weighted by Gasteiger charge is 2.25. The summed E-state index contributed by atoms with van der Waals surface area (Å²) in [6.07, 6.45) is 0. The average molecular weight is 420 g/mol. The highest BCUT2D eigenvalue weighted by Crippen LogP contribution is 2.30. The van der Waals surface area contributed by atoms with Crippen molar-refractivity contribution in [1.29, 1.82) is 0 Å². The zero-order valence-electron chi connectivity index (χ0n) is 17.7. The minimum Gasteiger partial charge on any atom is -0.465 e. The van der Waals surface area contributed by atoms with E-state index in [1.807, 2.05) is 44.2 Å². The summed E-state index contributed by atoms with van der Waals surface area (Å²) >= 11 is 0. The van der Waals surface area contributed by atoms with Crippen molar-refractivity contribution in [2.24, 2.45) is 0 Å². The second-order valence-electron chi connectivity index (χ2n) is 6.84. The number of rotatable bonds is 8. The molecule has 0 bridgehead atoms. The number of carbonyl (C=O) groups excluding carboxylic acids is 1. The maximum atomic E-state index is 12.8. The maximum absolute atomic E-state index is 12.8. The molecule has 160 valence electrons. The predicted octanol–water partition coefficient (Wildman–Crippen LogP) is 4.35. The summed E-state index contributed by atoms with van der Waals surface area (Å²) in [5, 5.41) is 11.3. The van der Waals surface area contributed by atoms with E-state index in [0.717, 1.165) is 18.7 Å². The monoisotopic (exact) mass is 420 g/mol. The quantitative estimate of drug-likeness (QED) is 0.303. The highest BCUT2D eigenvalue weighted by atomic mass is 16.6. The third-order valence-corrected chi connectivity index (χ3v) is 5.00. The van der Waals surface area contributed by atoms with Crippen molar-refractivity contribution in [2.45, 2.75) is 20.4 Å². The molecule has 3 aromatic rings. The molecule has 8 nitrogen and oxygen atoms in total. The first-order valence-corrected chi connectivity index (χ1v) is 10.00. The zero-order chi connectivity index (χ0) is 22.4. The third-order valence-electron chi connectivity index (χ3n) is 5.00. The second kappa shape index (κ2) is 9.90. The lowest BCUT2D eigenvalue weighted by Crippen LogP contribution is -2.25. The van der Waals surface area contributed by atoms with Gasteiger partial charge < -0.3 is 4.74 Å². The number of aromatic nitrogens is 2. The molecular formula is C23H24N4O4. The molecule has 0 radical (unpaired) electrons. The van der Waals surface area contributed by atoms with Crippen LogP contribution in [0, 0.1) is 10.1 Å². The van der Waals surface area contributed by atoms with Crippen LogP contribution >= 0.6 is 0 Å². The Morgan fingerprint density at radius 1 is 1.03 bits per heavy atom. The normalized spacial score (nSPS) is 10.8. The van der Waals surface area contributed by atoms with E-state index in [2.05, 4.69) is 9.88 Å². The van der Waals surface area contributed by atoms with Crippen LogP contribution < -0.4 is 0 Å². The van der Waals surface area contributed by atoms with Crippen LogP contribution in [0.15, 0.2) is 54.6 Å². The fourth-order valence-electron chi connectivity index (χ4n) is 3.29. The Morgan fingerprint density at radius 2 is 1.71 bits per heavy atom. The fraction of sp³-hybridized carbons (Fsp3) is 0.261. The highest BCUT2D eigenvalue weighted by molar-refractivity contribution is 5.97. The first-order chi connectivity index (χ1) is 15.0. The van der Waals surface area contributed by atoms with Gasteiger partial charge in [-0.05, 0) is 13.1 Å². The number of hydrogen-bond acceptors (Lipinski definition) is 7. The molecule has 1 aromatic heterocycles. The van der Waals surface area contributed by atoms with E-state index in [1.165, 1.54) is 19.2 Å². The molecule has 1 heterocycles. The molecule has 0 saturated heterocycles. The number of benzene rings is 2. The van der Waals surface area contributed by atoms with Crippen LogP contribution in [0.25, 0.3) is 22.6 Å². The van der Waals surface area contributed by atoms with E-state index in [9.17, 15) is 14.9 Å². The van der Waals surface area contributed by atoms with E-state index in [4.69, 9.17) is 9.72 Å². The molecule has 0 amide bonds. The van der Waals surface area contributed by atoms with Gasteiger partial charge in [0.15, 0.2) is 5.82 Å². The number of esters is 1. The molecule has 0 saturated carbocycles. The summed E-state index contributed by atoms with van der Waals surface area (Å²) in [4.78, 5) is 35.1. The van der Waals surface area contributed by atoms with Gasteiger partial charge in [-0.3, -0.25) is 15.0 Å². The van der Waals surface area contributed by atoms with Crippen molar-refractivity contribution in [3.63, 3.8) is 0 Å². The van der Waals surface area contributed by atoms with Crippen LogP contribution in [-0.4, -0.2) is 46.0 Å². The van der Waals surface area contributed by atoms with E-state index in [-0.39, 0.29) is 11.3 Å². The van der Waals surface area contributed by atoms with Crippen molar-refractivity contribution in [2.75, 3.05) is 20.2 Å². The smallest absolute Gasteiger partial charge is 0.342 e. The van der Waals surface area contributed by atoms with E-state index >= 15 is 0 Å². The molecule has 3 rings (SSSR count). The molecular weight excluding hydrogens is 396 g/mol. The van der Waals surface area contributed by atoms with Gasteiger partial charge in [0.05, 0.1) is 23.4 Å². The van der Waals surface area contributed by atoms with E-state index in [1.54, 1.807) is 12.1 Å². The molecule has 2 aromatic carbocycles. The summed E-state index contributed by atoms with van der Waals surface area (Å²) in [5.41, 5.74) is 2.20. The number of hydrogen-bond donors (Lipinski definition) is 0. The SMILES string of the molecule is CCN(CC)Cc1nc(-c2ccccc2)nc(-c2cccc([N+](=O)[O-])c2)c1C(=O)OC. The molecule has 0 N–H and O–H groups in total. The van der Waals surface area contributed by atoms with Gasteiger partial charge in [-0.25, -0.2) is 14.8 Å². The van der Waals surface area contributed by atoms with Gasteiger partial charge in [-0.15, -0.1) is 0 Å². The van der Waals surface area contributed by atoms with Crippen LogP contribution in [0.2, 0.25) is 0 Å². The molecule has 0 aliphatic heterocycles. The largest absolute Gasteiger partial charge is 0.465 e. The topological polar surface area (TPSA) is 98.5 Å². The number of nitro benzene ring substituents is 1. The Balaban J connectivity index is 2.31. The third kappa shape index (κ3) is 4.92. The lowest BCUT2D eigenvalue weighted by Gasteiger charge is -2.21. The van der Waals surface area contributed by atoms with Crippen LogP contribution in [-0.2, 0) is 11.3 Å². The number of nitro groups is 1. The number of carbonyl (C=O) groups is 1. The fourth-order valence-corrected chi connectivity index (χ4v) is 3.29. The Hall–Kier alpha value is -3.65. The maximum Gasteiger partial charge on any atom is 0.342 e. The van der Waals surface area contributed by atoms with Crippen LogP contribution in [0.4, 0.5) is 5.69 Å². The number of nitrogens with zero attached hydrogens (tertiary/aromatic N) is 4. The molecule has 0 spiro atoms. The minimum absolute atomic E-state index is 0.0847. The van der Waals surface area contributed by atoms with Crippen molar-refractivity contribution in [1.82, 2.24) is 14.9 Å². The first-order valence-electron chi connectivity index (χ1n) is 10.00. The van der Waals surface area contributed by atoms with Crippen LogP contribution in [0.1, 0.15) is 29.9 Å². The van der Waals surface area contributed by atoms with Crippen molar-refractivity contribution < 1.29 is 14.5 Å². The molecule has 0 fully saturated rings. The minimum atomic E-state index is -0.580. The average Bonchev–Trinajstić information content (AvgIpc) is 2.82. The molecule has 0 unspecified atom stereocenters. The summed E-state index contributed by atoms with van der Waals surface area (Å²) in [6, 6.07) is 15.5. The number of non-ortho nitro benzene ring substituents is 1. The Kier molecular flexibility index (Phi) is 7.04. The lowest BCUT2D eigenvalue weighted by atomic mass is 10.0. The summed E-state index contributed by atoms with van der Waals surface area (Å²) in [6.45, 7) is 6.02. The Bertz CT molecular complexity index is 1080. The van der Waals surface area contributed by atoms with Gasteiger partial charge in [0.1, 0.15) is 5.56 Å². The molecule has 0 atom stereocenters. The van der Waals surface area contributed by atoms with Gasteiger partial charge in [-0.2, -0.15) is 0 Å². The Labute approximate surface area is 180 Å². The van der Waals surface area contributed by atoms with Gasteiger partial charge in [0.2, 0.25) is 0 Å². The zero-order valence-corrected chi connectivity index (χ0v) is 17.7. The van der Waals surface area contributed by atoms with Crippen molar-refractivity contribution in [3.8, 4) is 22.6 Å². The van der Waals surface area contributed by atoms with Crippen LogP contribution in [0.5, 0.6) is 0 Å². The van der Waals surface area contributed by atoms with Gasteiger partial charge in [0, 0.05) is 29.8 Å². The molecule has 8 heteroatoms. The van der Waals surface area contributed by atoms with Gasteiger partial charge >= 0.3 is 5.97 Å². The van der Waals surface area contributed by atoms with Gasteiger partial charge in [0.25, 0.3) is 5.69 Å².